The highest BCUT2D eigenvalue weighted by atomic mass is 79.9. The highest BCUT2D eigenvalue weighted by Gasteiger charge is 2.34. The van der Waals surface area contributed by atoms with Crippen molar-refractivity contribution < 1.29 is 18.7 Å². The Labute approximate surface area is 266 Å². The number of benzene rings is 2. The summed E-state index contributed by atoms with van der Waals surface area (Å²) in [4.78, 5) is 32.0. The zero-order chi connectivity index (χ0) is 30.4. The van der Waals surface area contributed by atoms with Crippen molar-refractivity contribution in [3.05, 3.63) is 68.4 Å². The molecule has 42 heavy (non-hydrogen) atoms. The van der Waals surface area contributed by atoms with Gasteiger partial charge in [0.05, 0.1) is 0 Å². The maximum absolute atomic E-state index is 13.7. The van der Waals surface area contributed by atoms with Gasteiger partial charge in [0.1, 0.15) is 11.4 Å². The number of carbonyl (C=O) groups is 2. The number of rotatable bonds is 10. The minimum atomic E-state index is -0.479. The van der Waals surface area contributed by atoms with Crippen molar-refractivity contribution in [1.29, 1.82) is 0 Å². The van der Waals surface area contributed by atoms with Crippen LogP contribution < -0.4 is 5.32 Å². The Morgan fingerprint density at radius 2 is 1.69 bits per heavy atom. The van der Waals surface area contributed by atoms with E-state index in [1.165, 1.54) is 12.1 Å². The summed E-state index contributed by atoms with van der Waals surface area (Å²) >= 11 is 6.94. The minimum absolute atomic E-state index is 0.0437. The lowest BCUT2D eigenvalue weighted by atomic mass is 9.92. The Morgan fingerprint density at radius 3 is 2.29 bits per heavy atom. The van der Waals surface area contributed by atoms with Gasteiger partial charge in [-0.1, -0.05) is 44.0 Å². The molecule has 2 aromatic carbocycles. The van der Waals surface area contributed by atoms with Gasteiger partial charge in [0.25, 0.3) is 5.91 Å². The molecule has 2 heterocycles. The van der Waals surface area contributed by atoms with Gasteiger partial charge in [0, 0.05) is 59.7 Å². The molecule has 2 aliphatic heterocycles. The number of likely N-dealkylation sites (tertiary alicyclic amines) is 2. The van der Waals surface area contributed by atoms with Gasteiger partial charge in [0.15, 0.2) is 0 Å². The summed E-state index contributed by atoms with van der Waals surface area (Å²) in [5, 5.41) is 2.93. The molecule has 2 amide bonds. The average molecular weight is 711 g/mol. The van der Waals surface area contributed by atoms with Crippen LogP contribution in [-0.4, -0.2) is 91.2 Å². The lowest BCUT2D eigenvalue weighted by Gasteiger charge is -2.48. The molecule has 7 nitrogen and oxygen atoms in total. The molecule has 2 saturated heterocycles. The van der Waals surface area contributed by atoms with Crippen molar-refractivity contribution in [1.82, 2.24) is 20.0 Å². The molecule has 0 bridgehead atoms. The van der Waals surface area contributed by atoms with Crippen molar-refractivity contribution in [3.8, 4) is 0 Å². The molecule has 1 unspecified atom stereocenters. The zero-order valence-electron chi connectivity index (χ0n) is 25.0. The molecule has 0 spiro atoms. The molecule has 0 radical (unpaired) electrons. The van der Waals surface area contributed by atoms with Crippen LogP contribution >= 0.6 is 31.9 Å². The van der Waals surface area contributed by atoms with Crippen LogP contribution in [-0.2, 0) is 4.74 Å². The van der Waals surface area contributed by atoms with Crippen LogP contribution in [0.25, 0.3) is 0 Å². The standard InChI is InChI=1S/C32H43Br2FN4O3/c1-32(2,3)42-31(41)36-18-22-9-13-39(14-10-22)29-20-38(21-29)12-11-24(23-5-7-28(35)8-6-23)19-37(4)30(40)25-15-26(33)17-27(34)16-25/h5-8,15-17,22,24,29H,9-14,18-21H2,1-4H3,(H,36,41). The van der Waals surface area contributed by atoms with E-state index in [-0.39, 0.29) is 23.7 Å². The van der Waals surface area contributed by atoms with E-state index in [0.717, 1.165) is 66.5 Å². The fourth-order valence-electron chi connectivity index (χ4n) is 5.77. The van der Waals surface area contributed by atoms with Gasteiger partial charge in [-0.2, -0.15) is 0 Å². The largest absolute Gasteiger partial charge is 0.444 e. The quantitative estimate of drug-likeness (QED) is 0.305. The first-order chi connectivity index (χ1) is 19.9. The molecule has 0 aliphatic carbocycles. The Morgan fingerprint density at radius 1 is 1.07 bits per heavy atom. The minimum Gasteiger partial charge on any atom is -0.444 e. The maximum atomic E-state index is 13.7. The van der Waals surface area contributed by atoms with Gasteiger partial charge in [0.2, 0.25) is 0 Å². The Kier molecular flexibility index (Phi) is 11.5. The van der Waals surface area contributed by atoms with Crippen LogP contribution in [0.1, 0.15) is 61.9 Å². The number of alkyl carbamates (subject to hydrolysis) is 1. The van der Waals surface area contributed by atoms with Gasteiger partial charge >= 0.3 is 6.09 Å². The predicted octanol–water partition coefficient (Wildman–Crippen LogP) is 6.52. The summed E-state index contributed by atoms with van der Waals surface area (Å²) in [5.74, 6) is 0.287. The van der Waals surface area contributed by atoms with E-state index in [2.05, 4.69) is 47.0 Å². The summed E-state index contributed by atoms with van der Waals surface area (Å²) in [6, 6.07) is 12.8. The van der Waals surface area contributed by atoms with E-state index >= 15 is 0 Å². The lowest BCUT2D eigenvalue weighted by molar-refractivity contribution is 0.0120. The molecule has 2 aromatic rings. The first-order valence-electron chi connectivity index (χ1n) is 14.8. The van der Waals surface area contributed by atoms with Gasteiger partial charge in [-0.3, -0.25) is 9.69 Å². The number of ether oxygens (including phenoxy) is 1. The number of likely N-dealkylation sites (N-methyl/N-ethyl adjacent to an activating group) is 1. The summed E-state index contributed by atoms with van der Waals surface area (Å²) in [5.41, 5.74) is 1.19. The van der Waals surface area contributed by atoms with Crippen LogP contribution in [0.2, 0.25) is 0 Å². The van der Waals surface area contributed by atoms with E-state index in [0.29, 0.717) is 30.6 Å². The molecule has 0 saturated carbocycles. The number of piperidine rings is 1. The number of carbonyl (C=O) groups excluding carboxylic acids is 2. The van der Waals surface area contributed by atoms with Crippen LogP contribution in [0.4, 0.5) is 9.18 Å². The number of amides is 2. The second-order valence-electron chi connectivity index (χ2n) is 12.7. The molecule has 4 rings (SSSR count). The first kappa shape index (κ1) is 32.9. The topological polar surface area (TPSA) is 65.1 Å². The normalized spacial score (nSPS) is 17.9. The third-order valence-electron chi connectivity index (χ3n) is 8.12. The summed E-state index contributed by atoms with van der Waals surface area (Å²) in [6.45, 7) is 12.0. The fraction of sp³-hybridized carbons (Fsp3) is 0.562. The monoisotopic (exact) mass is 708 g/mol. The lowest BCUT2D eigenvalue weighted by Crippen LogP contribution is -2.61. The maximum Gasteiger partial charge on any atom is 0.407 e. The highest BCUT2D eigenvalue weighted by Crippen LogP contribution is 2.27. The molecular formula is C32H43Br2FN4O3. The zero-order valence-corrected chi connectivity index (χ0v) is 28.2. The van der Waals surface area contributed by atoms with Gasteiger partial charge in [-0.25, -0.2) is 9.18 Å². The number of hydrogen-bond donors (Lipinski definition) is 1. The van der Waals surface area contributed by atoms with E-state index < -0.39 is 5.60 Å². The van der Waals surface area contributed by atoms with Crippen molar-refractivity contribution in [2.24, 2.45) is 5.92 Å². The molecule has 230 valence electrons. The molecule has 1 atom stereocenters. The van der Waals surface area contributed by atoms with E-state index in [4.69, 9.17) is 4.74 Å². The second kappa shape index (κ2) is 14.6. The van der Waals surface area contributed by atoms with Gasteiger partial charge < -0.3 is 19.9 Å². The summed E-state index contributed by atoms with van der Waals surface area (Å²) in [7, 11) is 1.83. The van der Waals surface area contributed by atoms with Crippen LogP contribution in [0.5, 0.6) is 0 Å². The SMILES string of the molecule is CN(CC(CCN1CC(N2CCC(CNC(=O)OC(C)(C)C)CC2)C1)c1ccc(F)cc1)C(=O)c1cc(Br)cc(Br)c1. The Bertz CT molecular complexity index is 1190. The molecular weight excluding hydrogens is 667 g/mol. The van der Waals surface area contributed by atoms with Crippen molar-refractivity contribution in [2.75, 3.05) is 52.9 Å². The van der Waals surface area contributed by atoms with Crippen molar-refractivity contribution in [2.45, 2.75) is 57.6 Å². The molecule has 10 heteroatoms. The van der Waals surface area contributed by atoms with E-state index in [9.17, 15) is 14.0 Å². The molecule has 1 N–H and O–H groups in total. The first-order valence-corrected chi connectivity index (χ1v) is 16.3. The predicted molar refractivity (Wildman–Crippen MR) is 171 cm³/mol. The van der Waals surface area contributed by atoms with Gasteiger partial charge in [-0.05, 0) is 101 Å². The smallest absolute Gasteiger partial charge is 0.407 e. The second-order valence-corrected chi connectivity index (χ2v) is 14.5. The number of halogens is 3. The fourth-order valence-corrected chi connectivity index (χ4v) is 7.06. The van der Waals surface area contributed by atoms with Gasteiger partial charge in [-0.15, -0.1) is 0 Å². The summed E-state index contributed by atoms with van der Waals surface area (Å²) < 4.78 is 20.7. The Hall–Kier alpha value is -2.01. The third kappa shape index (κ3) is 9.76. The average Bonchev–Trinajstić information content (AvgIpc) is 2.89. The van der Waals surface area contributed by atoms with Crippen molar-refractivity contribution in [3.63, 3.8) is 0 Å². The summed E-state index contributed by atoms with van der Waals surface area (Å²) in [6.07, 6.45) is 2.70. The Balaban J connectivity index is 1.24. The van der Waals surface area contributed by atoms with Crippen LogP contribution in [0.3, 0.4) is 0 Å². The highest BCUT2D eigenvalue weighted by molar-refractivity contribution is 9.11. The molecule has 2 fully saturated rings. The van der Waals surface area contributed by atoms with Crippen LogP contribution in [0, 0.1) is 11.7 Å². The molecule has 0 aromatic heterocycles. The van der Waals surface area contributed by atoms with Crippen LogP contribution in [0.15, 0.2) is 51.4 Å². The van der Waals surface area contributed by atoms with E-state index in [1.54, 1.807) is 4.90 Å². The van der Waals surface area contributed by atoms with E-state index in [1.807, 2.05) is 58.2 Å². The number of nitrogens with zero attached hydrogens (tertiary/aromatic N) is 3. The molecule has 2 aliphatic rings. The van der Waals surface area contributed by atoms with Crippen molar-refractivity contribution >= 4 is 43.9 Å². The third-order valence-corrected chi connectivity index (χ3v) is 9.04. The number of hydrogen-bond acceptors (Lipinski definition) is 5. The number of nitrogens with one attached hydrogen (secondary N) is 1.